The van der Waals surface area contributed by atoms with Crippen molar-refractivity contribution in [2.75, 3.05) is 5.32 Å². The average molecular weight is 348 g/mol. The Morgan fingerprint density at radius 3 is 2.96 bits per heavy atom. The second-order valence-electron chi connectivity index (χ2n) is 6.26. The van der Waals surface area contributed by atoms with Gasteiger partial charge in [0, 0.05) is 19.8 Å². The summed E-state index contributed by atoms with van der Waals surface area (Å²) in [5, 5.41) is 22.8. The third-order valence-electron chi connectivity index (χ3n) is 4.52. The zero-order valence-corrected chi connectivity index (χ0v) is 13.9. The maximum absolute atomic E-state index is 10.4. The molecule has 0 spiro atoms. The molecule has 8 nitrogen and oxygen atoms in total. The first-order chi connectivity index (χ1) is 11.6. The molecule has 0 saturated heterocycles. The first-order valence-electron chi connectivity index (χ1n) is 7.85. The maximum Gasteiger partial charge on any atom is 0.156 e. The molecule has 2 N–H and O–H groups in total. The zero-order chi connectivity index (χ0) is 16.7. The number of aliphatic hydroxyl groups excluding tert-OH is 1. The molecule has 0 amide bonds. The predicted octanol–water partition coefficient (Wildman–Crippen LogP) is 1.46. The van der Waals surface area contributed by atoms with Crippen molar-refractivity contribution < 1.29 is 5.11 Å². The van der Waals surface area contributed by atoms with E-state index >= 15 is 0 Å². The summed E-state index contributed by atoms with van der Waals surface area (Å²) in [7, 11) is 1.85. The molecule has 1 aliphatic carbocycles. The molecule has 4 rings (SSSR count). The second-order valence-corrected chi connectivity index (χ2v) is 6.70. The van der Waals surface area contributed by atoms with Crippen LogP contribution in [0.25, 0.3) is 11.0 Å². The normalized spacial score (nSPS) is 23.9. The van der Waals surface area contributed by atoms with E-state index in [1.807, 2.05) is 11.7 Å². The highest BCUT2D eigenvalue weighted by Gasteiger charge is 2.34. The molecule has 3 heterocycles. The molecule has 126 valence electrons. The van der Waals surface area contributed by atoms with Crippen LogP contribution >= 0.6 is 11.6 Å². The first kappa shape index (κ1) is 15.3. The average Bonchev–Trinajstić information content (AvgIpc) is 3.22. The van der Waals surface area contributed by atoms with E-state index < -0.39 is 6.10 Å². The van der Waals surface area contributed by atoms with Gasteiger partial charge in [0.15, 0.2) is 5.82 Å². The van der Waals surface area contributed by atoms with Crippen molar-refractivity contribution >= 4 is 28.5 Å². The van der Waals surface area contributed by atoms with Gasteiger partial charge in [-0.1, -0.05) is 11.6 Å². The van der Waals surface area contributed by atoms with Crippen LogP contribution in [0.4, 0.5) is 5.82 Å². The lowest BCUT2D eigenvalue weighted by Gasteiger charge is -2.17. The van der Waals surface area contributed by atoms with Gasteiger partial charge < -0.3 is 10.4 Å². The van der Waals surface area contributed by atoms with Crippen LogP contribution in [0.15, 0.2) is 24.9 Å². The van der Waals surface area contributed by atoms with Crippen molar-refractivity contribution in [3.05, 3.63) is 29.9 Å². The summed E-state index contributed by atoms with van der Waals surface area (Å²) in [4.78, 5) is 8.53. The summed E-state index contributed by atoms with van der Waals surface area (Å²) in [6.07, 6.45) is 7.77. The van der Waals surface area contributed by atoms with Gasteiger partial charge in [-0.2, -0.15) is 10.2 Å². The standard InChI is InChI=1S/C15H18ClN7O/c1-22-14-12(5-19-22)17-8-18-15(14)21-11-2-9(3-13(11)24)6-23-7-10(16)4-20-23/h4-5,7-9,11,13,24H,2-3,6H2,1H3,(H,17,18,21)/t9?,11-,13-/m1/s1. The van der Waals surface area contributed by atoms with E-state index in [1.54, 1.807) is 23.3 Å². The summed E-state index contributed by atoms with van der Waals surface area (Å²) in [6.45, 7) is 0.743. The quantitative estimate of drug-likeness (QED) is 0.742. The molecule has 1 aliphatic rings. The Labute approximate surface area is 143 Å². The number of fused-ring (bicyclic) bond motifs is 1. The number of nitrogens with one attached hydrogen (secondary N) is 1. The highest BCUT2D eigenvalue weighted by Crippen LogP contribution is 2.31. The third kappa shape index (κ3) is 2.83. The number of nitrogens with zero attached hydrogens (tertiary/aromatic N) is 6. The molecule has 0 aromatic carbocycles. The highest BCUT2D eigenvalue weighted by atomic mass is 35.5. The molecule has 1 saturated carbocycles. The molecule has 3 aromatic heterocycles. The van der Waals surface area contributed by atoms with Gasteiger partial charge >= 0.3 is 0 Å². The van der Waals surface area contributed by atoms with Gasteiger partial charge in [-0.05, 0) is 18.8 Å². The Kier molecular flexibility index (Phi) is 3.85. The van der Waals surface area contributed by atoms with Crippen LogP contribution in [0, 0.1) is 5.92 Å². The van der Waals surface area contributed by atoms with Crippen molar-refractivity contribution in [2.45, 2.75) is 31.5 Å². The van der Waals surface area contributed by atoms with E-state index in [9.17, 15) is 5.11 Å². The predicted molar refractivity (Wildman–Crippen MR) is 89.7 cm³/mol. The van der Waals surface area contributed by atoms with Crippen LogP contribution in [0.3, 0.4) is 0 Å². The Bertz CT molecular complexity index is 861. The van der Waals surface area contributed by atoms with Gasteiger partial charge in [0.25, 0.3) is 0 Å². The number of aryl methyl sites for hydroxylation is 1. The molecule has 3 aromatic rings. The van der Waals surface area contributed by atoms with Crippen molar-refractivity contribution in [3.8, 4) is 0 Å². The van der Waals surface area contributed by atoms with E-state index in [2.05, 4.69) is 25.5 Å². The van der Waals surface area contributed by atoms with Crippen LogP contribution in [0.5, 0.6) is 0 Å². The minimum Gasteiger partial charge on any atom is -0.391 e. The lowest BCUT2D eigenvalue weighted by atomic mass is 10.1. The molecule has 1 unspecified atom stereocenters. The number of rotatable bonds is 4. The first-order valence-corrected chi connectivity index (χ1v) is 8.23. The van der Waals surface area contributed by atoms with Gasteiger partial charge in [0.05, 0.1) is 29.6 Å². The third-order valence-corrected chi connectivity index (χ3v) is 4.72. The number of anilines is 1. The maximum atomic E-state index is 10.4. The summed E-state index contributed by atoms with van der Waals surface area (Å²) < 4.78 is 3.56. The molecular formula is C15H18ClN7O. The summed E-state index contributed by atoms with van der Waals surface area (Å²) >= 11 is 5.90. The van der Waals surface area contributed by atoms with Gasteiger partial charge in [-0.3, -0.25) is 9.36 Å². The molecular weight excluding hydrogens is 330 g/mol. The van der Waals surface area contributed by atoms with Crippen LogP contribution in [-0.4, -0.2) is 46.8 Å². The number of aromatic nitrogens is 6. The largest absolute Gasteiger partial charge is 0.391 e. The Morgan fingerprint density at radius 1 is 1.29 bits per heavy atom. The van der Waals surface area contributed by atoms with Gasteiger partial charge in [-0.25, -0.2) is 9.97 Å². The fourth-order valence-corrected chi connectivity index (χ4v) is 3.57. The smallest absolute Gasteiger partial charge is 0.156 e. The molecule has 0 bridgehead atoms. The summed E-state index contributed by atoms with van der Waals surface area (Å²) in [5.41, 5.74) is 1.62. The number of aliphatic hydroxyl groups is 1. The minimum absolute atomic E-state index is 0.0611. The molecule has 24 heavy (non-hydrogen) atoms. The molecule has 3 atom stereocenters. The SMILES string of the molecule is Cn1ncc2ncnc(N[C@@H]3CC(Cn4cc(Cl)cn4)C[C@H]3O)c21. The van der Waals surface area contributed by atoms with Crippen molar-refractivity contribution in [1.29, 1.82) is 0 Å². The lowest BCUT2D eigenvalue weighted by molar-refractivity contribution is 0.166. The van der Waals surface area contributed by atoms with Crippen molar-refractivity contribution in [3.63, 3.8) is 0 Å². The zero-order valence-electron chi connectivity index (χ0n) is 13.2. The van der Waals surface area contributed by atoms with E-state index in [-0.39, 0.29) is 6.04 Å². The number of hydrogen-bond donors (Lipinski definition) is 2. The van der Waals surface area contributed by atoms with Gasteiger partial charge in [-0.15, -0.1) is 0 Å². The Balaban J connectivity index is 1.49. The minimum atomic E-state index is -0.431. The Hall–Kier alpha value is -2.19. The molecule has 9 heteroatoms. The van der Waals surface area contributed by atoms with Crippen LogP contribution in [0.1, 0.15) is 12.8 Å². The Morgan fingerprint density at radius 2 is 2.17 bits per heavy atom. The number of hydrogen-bond acceptors (Lipinski definition) is 6. The molecule has 0 radical (unpaired) electrons. The van der Waals surface area contributed by atoms with Crippen LogP contribution in [0.2, 0.25) is 5.02 Å². The van der Waals surface area contributed by atoms with Crippen molar-refractivity contribution in [2.24, 2.45) is 13.0 Å². The van der Waals surface area contributed by atoms with E-state index in [0.29, 0.717) is 16.8 Å². The summed E-state index contributed by atoms with van der Waals surface area (Å²) in [6, 6.07) is -0.0611. The van der Waals surface area contributed by atoms with E-state index in [4.69, 9.17) is 11.6 Å². The fourth-order valence-electron chi connectivity index (χ4n) is 3.41. The van der Waals surface area contributed by atoms with Crippen LogP contribution in [-0.2, 0) is 13.6 Å². The molecule has 0 aliphatic heterocycles. The topological polar surface area (TPSA) is 93.7 Å². The lowest BCUT2D eigenvalue weighted by Crippen LogP contribution is -2.28. The molecule has 1 fully saturated rings. The fraction of sp³-hybridized carbons (Fsp3) is 0.467. The summed E-state index contributed by atoms with van der Waals surface area (Å²) in [5.74, 6) is 1.03. The van der Waals surface area contributed by atoms with E-state index in [0.717, 1.165) is 30.4 Å². The number of halogens is 1. The highest BCUT2D eigenvalue weighted by molar-refractivity contribution is 6.30. The van der Waals surface area contributed by atoms with E-state index in [1.165, 1.54) is 6.33 Å². The van der Waals surface area contributed by atoms with Crippen molar-refractivity contribution in [1.82, 2.24) is 29.5 Å². The van der Waals surface area contributed by atoms with Gasteiger partial charge in [0.1, 0.15) is 17.4 Å². The van der Waals surface area contributed by atoms with Gasteiger partial charge in [0.2, 0.25) is 0 Å². The monoisotopic (exact) mass is 347 g/mol. The van der Waals surface area contributed by atoms with Crippen LogP contribution < -0.4 is 5.32 Å². The second kappa shape index (κ2) is 6.03.